The molecule has 4 aromatic rings. The van der Waals surface area contributed by atoms with Gasteiger partial charge in [0.2, 0.25) is 0 Å². The molecule has 0 unspecified atom stereocenters. The molecule has 0 saturated carbocycles. The fourth-order valence-corrected chi connectivity index (χ4v) is 4.96. The van der Waals surface area contributed by atoms with Crippen molar-refractivity contribution in [1.29, 1.82) is 0 Å². The largest absolute Gasteiger partial charge is 0.394 e. The molecule has 1 heterocycles. The number of carbonyl (C=O) groups is 1. The molecular formula is C32H33F2N3O2S. The zero-order chi connectivity index (χ0) is 28.3. The van der Waals surface area contributed by atoms with Crippen LogP contribution in [0.25, 0.3) is 11.6 Å². The van der Waals surface area contributed by atoms with E-state index in [1.54, 1.807) is 48.6 Å². The number of hydrogen-bond donors (Lipinski definition) is 2. The quantitative estimate of drug-likeness (QED) is 0.196. The Morgan fingerprint density at radius 2 is 1.77 bits per heavy atom. The fourth-order valence-electron chi connectivity index (χ4n) is 4.44. The topological polar surface area (TPSA) is 67.2 Å². The number of nitrogens with one attached hydrogen (secondary N) is 1. The molecule has 0 aliphatic heterocycles. The smallest absolute Gasteiger partial charge is 0.251 e. The zero-order valence-electron chi connectivity index (χ0n) is 22.4. The molecule has 40 heavy (non-hydrogen) atoms. The summed E-state index contributed by atoms with van der Waals surface area (Å²) in [6, 6.07) is 18.1. The number of carbonyl (C=O) groups excluding carboxylic acids is 1. The number of nitrogens with zero attached hydrogens (tertiary/aromatic N) is 2. The average Bonchev–Trinajstić information content (AvgIpc) is 3.48. The summed E-state index contributed by atoms with van der Waals surface area (Å²) < 4.78 is 28.9. The molecule has 0 spiro atoms. The Morgan fingerprint density at radius 3 is 2.42 bits per heavy atom. The van der Waals surface area contributed by atoms with Gasteiger partial charge < -0.3 is 15.0 Å². The van der Waals surface area contributed by atoms with Gasteiger partial charge in [-0.25, -0.2) is 13.8 Å². The molecule has 1 amide bonds. The Balaban J connectivity index is 1.67. The lowest BCUT2D eigenvalue weighted by molar-refractivity contribution is 0.0914. The first kappa shape index (κ1) is 29.2. The van der Waals surface area contributed by atoms with Gasteiger partial charge in [0.15, 0.2) is 0 Å². The van der Waals surface area contributed by atoms with E-state index in [1.165, 1.54) is 24.3 Å². The minimum absolute atomic E-state index is 0.142. The summed E-state index contributed by atoms with van der Waals surface area (Å²) >= 11 is 1.66. The fraction of sp³-hybridized carbons (Fsp3) is 0.250. The van der Waals surface area contributed by atoms with Crippen LogP contribution in [0, 0.1) is 11.6 Å². The number of aliphatic hydroxyl groups is 1. The number of aryl methyl sites for hydroxylation is 2. The van der Waals surface area contributed by atoms with Crippen LogP contribution in [0.3, 0.4) is 0 Å². The maximum atomic E-state index is 13.6. The van der Waals surface area contributed by atoms with E-state index in [0.717, 1.165) is 33.6 Å². The molecule has 0 saturated heterocycles. The third-order valence-corrected chi connectivity index (χ3v) is 7.31. The van der Waals surface area contributed by atoms with E-state index in [9.17, 15) is 18.7 Å². The van der Waals surface area contributed by atoms with Gasteiger partial charge in [-0.3, -0.25) is 4.79 Å². The Hall–Kier alpha value is -3.75. The van der Waals surface area contributed by atoms with Gasteiger partial charge in [-0.15, -0.1) is 0 Å². The van der Waals surface area contributed by atoms with Crippen molar-refractivity contribution in [3.8, 4) is 0 Å². The van der Waals surface area contributed by atoms with Crippen molar-refractivity contribution >= 4 is 29.3 Å². The van der Waals surface area contributed by atoms with Crippen LogP contribution < -0.4 is 5.32 Å². The van der Waals surface area contributed by atoms with Crippen LogP contribution in [0.2, 0.25) is 0 Å². The SMILES string of the molecule is CSCC[C@@H](CO)NC(=O)c1cc(C=C(Cn2ccnc2)c2ccc(F)cc2)ccc1CCc1ccc(F)cc1. The molecular weight excluding hydrogens is 528 g/mol. The van der Waals surface area contributed by atoms with Crippen molar-refractivity contribution in [3.63, 3.8) is 0 Å². The van der Waals surface area contributed by atoms with E-state index in [-0.39, 0.29) is 30.2 Å². The second-order valence-electron chi connectivity index (χ2n) is 9.59. The van der Waals surface area contributed by atoms with Crippen molar-refractivity contribution in [2.75, 3.05) is 18.6 Å². The molecule has 1 atom stereocenters. The van der Waals surface area contributed by atoms with E-state index < -0.39 is 0 Å². The number of amides is 1. The van der Waals surface area contributed by atoms with Gasteiger partial charge in [-0.1, -0.05) is 36.4 Å². The minimum atomic E-state index is -0.347. The molecule has 0 fully saturated rings. The van der Waals surface area contributed by atoms with Gasteiger partial charge in [0.25, 0.3) is 5.91 Å². The van der Waals surface area contributed by atoms with Gasteiger partial charge in [0.1, 0.15) is 11.6 Å². The molecule has 4 rings (SSSR count). The summed E-state index contributed by atoms with van der Waals surface area (Å²) in [6.07, 6.45) is 11.2. The Kier molecular flexibility index (Phi) is 10.7. The standard InChI is InChI=1S/C32H33F2N3O2S/c1-40-17-14-30(21-38)36-32(39)31-19-24(3-7-26(31)6-2-23-4-10-28(33)11-5-23)18-27(20-37-16-15-35-22-37)25-8-12-29(34)13-9-25/h3-5,7-13,15-16,18-19,22,30,38H,2,6,14,17,20-21H2,1H3,(H,36,39)/t30-/m0/s1. The lowest BCUT2D eigenvalue weighted by Crippen LogP contribution is -2.38. The van der Waals surface area contributed by atoms with Crippen LogP contribution >= 0.6 is 11.8 Å². The van der Waals surface area contributed by atoms with Crippen molar-refractivity contribution in [1.82, 2.24) is 14.9 Å². The van der Waals surface area contributed by atoms with E-state index in [0.29, 0.717) is 31.4 Å². The number of halogens is 2. The highest BCUT2D eigenvalue weighted by Crippen LogP contribution is 2.24. The lowest BCUT2D eigenvalue weighted by atomic mass is 9.95. The van der Waals surface area contributed by atoms with Gasteiger partial charge >= 0.3 is 0 Å². The van der Waals surface area contributed by atoms with Gasteiger partial charge in [-0.05, 0) is 95.5 Å². The number of thioether (sulfide) groups is 1. The van der Waals surface area contributed by atoms with Crippen LogP contribution in [0.4, 0.5) is 8.78 Å². The van der Waals surface area contributed by atoms with Crippen molar-refractivity contribution in [2.45, 2.75) is 31.8 Å². The van der Waals surface area contributed by atoms with E-state index >= 15 is 0 Å². The molecule has 0 radical (unpaired) electrons. The first-order chi connectivity index (χ1) is 19.4. The van der Waals surface area contributed by atoms with Crippen LogP contribution in [-0.2, 0) is 19.4 Å². The highest BCUT2D eigenvalue weighted by molar-refractivity contribution is 7.98. The molecule has 0 bridgehead atoms. The highest BCUT2D eigenvalue weighted by Gasteiger charge is 2.17. The van der Waals surface area contributed by atoms with Gasteiger partial charge in [-0.2, -0.15) is 11.8 Å². The Labute approximate surface area is 238 Å². The molecule has 208 valence electrons. The van der Waals surface area contributed by atoms with Crippen LogP contribution in [0.1, 0.15) is 39.0 Å². The van der Waals surface area contributed by atoms with Gasteiger partial charge in [0, 0.05) is 24.5 Å². The average molecular weight is 562 g/mol. The monoisotopic (exact) mass is 561 g/mol. The second kappa shape index (κ2) is 14.6. The molecule has 2 N–H and O–H groups in total. The lowest BCUT2D eigenvalue weighted by Gasteiger charge is -2.18. The first-order valence-electron chi connectivity index (χ1n) is 13.2. The summed E-state index contributed by atoms with van der Waals surface area (Å²) in [7, 11) is 0. The Morgan fingerprint density at radius 1 is 1.05 bits per heavy atom. The maximum Gasteiger partial charge on any atom is 0.251 e. The number of aliphatic hydroxyl groups excluding tert-OH is 1. The Bertz CT molecular complexity index is 1410. The van der Waals surface area contributed by atoms with Crippen LogP contribution in [-0.4, -0.2) is 45.2 Å². The third-order valence-electron chi connectivity index (χ3n) is 6.67. The number of imidazole rings is 1. The predicted molar refractivity (Wildman–Crippen MR) is 158 cm³/mol. The van der Waals surface area contributed by atoms with Crippen molar-refractivity contribution < 1.29 is 18.7 Å². The molecule has 0 aliphatic rings. The first-order valence-corrected chi connectivity index (χ1v) is 14.5. The van der Waals surface area contributed by atoms with Crippen LogP contribution in [0.15, 0.2) is 85.5 Å². The maximum absolute atomic E-state index is 13.6. The van der Waals surface area contributed by atoms with E-state index in [4.69, 9.17) is 0 Å². The molecule has 3 aromatic carbocycles. The summed E-state index contributed by atoms with van der Waals surface area (Å²) in [5.74, 6) is -0.0217. The number of hydrogen-bond acceptors (Lipinski definition) is 4. The third kappa shape index (κ3) is 8.37. The highest BCUT2D eigenvalue weighted by atomic mass is 32.2. The summed E-state index contributed by atoms with van der Waals surface area (Å²) in [4.78, 5) is 17.6. The zero-order valence-corrected chi connectivity index (χ0v) is 23.2. The normalized spacial score (nSPS) is 12.3. The minimum Gasteiger partial charge on any atom is -0.394 e. The van der Waals surface area contributed by atoms with E-state index in [2.05, 4.69) is 10.3 Å². The number of allylic oxidation sites excluding steroid dienone is 1. The molecule has 8 heteroatoms. The molecule has 0 aliphatic carbocycles. The number of rotatable bonds is 13. The number of aromatic nitrogens is 2. The summed E-state index contributed by atoms with van der Waals surface area (Å²) in [5, 5.41) is 12.8. The predicted octanol–water partition coefficient (Wildman–Crippen LogP) is 6.03. The van der Waals surface area contributed by atoms with Gasteiger partial charge in [0.05, 0.1) is 19.0 Å². The van der Waals surface area contributed by atoms with E-state index in [1.807, 2.05) is 41.3 Å². The summed E-state index contributed by atoms with van der Waals surface area (Å²) in [5.41, 5.74) is 4.97. The molecule has 1 aromatic heterocycles. The number of benzene rings is 3. The van der Waals surface area contributed by atoms with Crippen LogP contribution in [0.5, 0.6) is 0 Å². The molecule has 5 nitrogen and oxygen atoms in total. The summed E-state index contributed by atoms with van der Waals surface area (Å²) in [6.45, 7) is 0.372. The van der Waals surface area contributed by atoms with Crippen molar-refractivity contribution in [3.05, 3.63) is 125 Å². The van der Waals surface area contributed by atoms with Crippen molar-refractivity contribution in [2.24, 2.45) is 0 Å². The second-order valence-corrected chi connectivity index (χ2v) is 10.6.